The fourth-order valence-electron chi connectivity index (χ4n) is 1.42. The molecule has 2 aromatic rings. The van der Waals surface area contributed by atoms with Crippen LogP contribution in [0.1, 0.15) is 17.3 Å². The fraction of sp³-hybridized carbons (Fsp3) is 0.167. The highest BCUT2D eigenvalue weighted by molar-refractivity contribution is 5.94. The summed E-state index contributed by atoms with van der Waals surface area (Å²) in [5.41, 5.74) is 2.06. The van der Waals surface area contributed by atoms with E-state index in [1.54, 1.807) is 30.7 Å². The second-order valence-corrected chi connectivity index (χ2v) is 3.42. The Bertz CT molecular complexity index is 513. The van der Waals surface area contributed by atoms with Crippen LogP contribution in [0.25, 0.3) is 11.3 Å². The molecule has 0 saturated heterocycles. The van der Waals surface area contributed by atoms with Gasteiger partial charge in [0.25, 0.3) is 5.91 Å². The first kappa shape index (κ1) is 11.2. The molecule has 2 aromatic heterocycles. The van der Waals surface area contributed by atoms with E-state index in [1.165, 1.54) is 6.33 Å². The van der Waals surface area contributed by atoms with Crippen LogP contribution in [0.3, 0.4) is 0 Å². The van der Waals surface area contributed by atoms with Crippen LogP contribution in [0.2, 0.25) is 0 Å². The Morgan fingerprint density at radius 1 is 1.35 bits per heavy atom. The molecule has 86 valence electrons. The number of rotatable bonds is 3. The van der Waals surface area contributed by atoms with Crippen molar-refractivity contribution in [1.29, 1.82) is 0 Å². The molecule has 0 fully saturated rings. The molecular weight excluding hydrogens is 216 g/mol. The first-order chi connectivity index (χ1) is 8.31. The van der Waals surface area contributed by atoms with Gasteiger partial charge in [0, 0.05) is 36.3 Å². The number of hydrogen-bond acceptors (Lipinski definition) is 4. The van der Waals surface area contributed by atoms with Crippen molar-refractivity contribution in [3.63, 3.8) is 0 Å². The summed E-state index contributed by atoms with van der Waals surface area (Å²) in [7, 11) is 0. The molecule has 0 spiro atoms. The highest BCUT2D eigenvalue weighted by Crippen LogP contribution is 2.15. The number of hydrogen-bond donors (Lipinski definition) is 1. The number of amides is 1. The highest BCUT2D eigenvalue weighted by Gasteiger charge is 2.06. The highest BCUT2D eigenvalue weighted by atomic mass is 16.1. The standard InChI is InChI=1S/C12H12N4O/c1-2-15-12(17)9-3-4-16-11(5-9)10-6-13-8-14-7-10/h3-8H,2H2,1H3,(H,15,17). The van der Waals surface area contributed by atoms with Gasteiger partial charge in [-0.15, -0.1) is 0 Å². The van der Waals surface area contributed by atoms with Gasteiger partial charge in [0.05, 0.1) is 5.69 Å². The summed E-state index contributed by atoms with van der Waals surface area (Å²) in [5, 5.41) is 2.74. The first-order valence-corrected chi connectivity index (χ1v) is 5.31. The fourth-order valence-corrected chi connectivity index (χ4v) is 1.42. The van der Waals surface area contributed by atoms with Crippen LogP contribution in [-0.4, -0.2) is 27.4 Å². The predicted octanol–water partition coefficient (Wildman–Crippen LogP) is 1.29. The van der Waals surface area contributed by atoms with Crippen molar-refractivity contribution in [3.8, 4) is 11.3 Å². The Hall–Kier alpha value is -2.30. The van der Waals surface area contributed by atoms with Gasteiger partial charge in [-0.25, -0.2) is 9.97 Å². The molecule has 0 aliphatic carbocycles. The minimum atomic E-state index is -0.104. The lowest BCUT2D eigenvalue weighted by molar-refractivity contribution is 0.0956. The monoisotopic (exact) mass is 228 g/mol. The minimum absolute atomic E-state index is 0.104. The largest absolute Gasteiger partial charge is 0.352 e. The summed E-state index contributed by atoms with van der Waals surface area (Å²) in [4.78, 5) is 23.7. The SMILES string of the molecule is CCNC(=O)c1ccnc(-c2cncnc2)c1. The summed E-state index contributed by atoms with van der Waals surface area (Å²) < 4.78 is 0. The summed E-state index contributed by atoms with van der Waals surface area (Å²) in [6.07, 6.45) is 6.39. The van der Waals surface area contributed by atoms with Gasteiger partial charge >= 0.3 is 0 Å². The van der Waals surface area contributed by atoms with E-state index in [1.807, 2.05) is 6.92 Å². The molecule has 2 rings (SSSR count). The molecule has 0 aliphatic rings. The van der Waals surface area contributed by atoms with E-state index in [4.69, 9.17) is 0 Å². The number of pyridine rings is 1. The van der Waals surface area contributed by atoms with Gasteiger partial charge in [0.15, 0.2) is 0 Å². The van der Waals surface area contributed by atoms with E-state index in [2.05, 4.69) is 20.3 Å². The molecule has 0 radical (unpaired) electrons. The molecule has 0 atom stereocenters. The number of nitrogens with one attached hydrogen (secondary N) is 1. The van der Waals surface area contributed by atoms with Gasteiger partial charge in [-0.2, -0.15) is 0 Å². The maximum atomic E-state index is 11.7. The van der Waals surface area contributed by atoms with Gasteiger partial charge in [-0.3, -0.25) is 9.78 Å². The average Bonchev–Trinajstić information content (AvgIpc) is 2.40. The summed E-state index contributed by atoms with van der Waals surface area (Å²) in [5.74, 6) is -0.104. The van der Waals surface area contributed by atoms with Crippen molar-refractivity contribution in [3.05, 3.63) is 42.6 Å². The molecule has 5 nitrogen and oxygen atoms in total. The van der Waals surface area contributed by atoms with Crippen molar-refractivity contribution in [2.75, 3.05) is 6.54 Å². The minimum Gasteiger partial charge on any atom is -0.352 e. The van der Waals surface area contributed by atoms with Crippen molar-refractivity contribution in [2.45, 2.75) is 6.92 Å². The predicted molar refractivity (Wildman–Crippen MR) is 63.3 cm³/mol. The molecule has 0 aliphatic heterocycles. The molecule has 5 heteroatoms. The second kappa shape index (κ2) is 5.16. The Kier molecular flexibility index (Phi) is 3.40. The number of carbonyl (C=O) groups is 1. The van der Waals surface area contributed by atoms with Crippen LogP contribution in [0, 0.1) is 0 Å². The van der Waals surface area contributed by atoms with Crippen LogP contribution < -0.4 is 5.32 Å². The average molecular weight is 228 g/mol. The van der Waals surface area contributed by atoms with Crippen molar-refractivity contribution in [1.82, 2.24) is 20.3 Å². The van der Waals surface area contributed by atoms with E-state index in [-0.39, 0.29) is 5.91 Å². The van der Waals surface area contributed by atoms with Gasteiger partial charge in [0.1, 0.15) is 6.33 Å². The zero-order valence-corrected chi connectivity index (χ0v) is 9.42. The maximum absolute atomic E-state index is 11.7. The Labute approximate surface area is 99.0 Å². The van der Waals surface area contributed by atoms with E-state index in [0.29, 0.717) is 17.8 Å². The number of carbonyl (C=O) groups excluding carboxylic acids is 1. The van der Waals surface area contributed by atoms with Crippen LogP contribution in [0.15, 0.2) is 37.1 Å². The molecule has 1 N–H and O–H groups in total. The normalized spacial score (nSPS) is 9.94. The molecule has 0 unspecified atom stereocenters. The summed E-state index contributed by atoms with van der Waals surface area (Å²) in [6.45, 7) is 2.48. The number of aromatic nitrogens is 3. The second-order valence-electron chi connectivity index (χ2n) is 3.42. The van der Waals surface area contributed by atoms with Gasteiger partial charge < -0.3 is 5.32 Å². The Morgan fingerprint density at radius 2 is 2.12 bits per heavy atom. The molecule has 1 amide bonds. The van der Waals surface area contributed by atoms with Crippen LogP contribution in [-0.2, 0) is 0 Å². The van der Waals surface area contributed by atoms with Crippen LogP contribution >= 0.6 is 0 Å². The van der Waals surface area contributed by atoms with Crippen molar-refractivity contribution < 1.29 is 4.79 Å². The smallest absolute Gasteiger partial charge is 0.251 e. The van der Waals surface area contributed by atoms with E-state index in [0.717, 1.165) is 5.56 Å². The van der Waals surface area contributed by atoms with Crippen LogP contribution in [0.5, 0.6) is 0 Å². The maximum Gasteiger partial charge on any atom is 0.251 e. The number of nitrogens with zero attached hydrogens (tertiary/aromatic N) is 3. The topological polar surface area (TPSA) is 67.8 Å². The molecule has 0 saturated carbocycles. The molecule has 0 bridgehead atoms. The Balaban J connectivity index is 2.32. The third kappa shape index (κ3) is 2.63. The van der Waals surface area contributed by atoms with Gasteiger partial charge in [-0.05, 0) is 19.1 Å². The van der Waals surface area contributed by atoms with E-state index < -0.39 is 0 Å². The van der Waals surface area contributed by atoms with Gasteiger partial charge in [-0.1, -0.05) is 0 Å². The zero-order chi connectivity index (χ0) is 12.1. The molecule has 0 aromatic carbocycles. The third-order valence-corrected chi connectivity index (χ3v) is 2.22. The van der Waals surface area contributed by atoms with Crippen LogP contribution in [0.4, 0.5) is 0 Å². The third-order valence-electron chi connectivity index (χ3n) is 2.22. The lowest BCUT2D eigenvalue weighted by atomic mass is 10.1. The molecule has 17 heavy (non-hydrogen) atoms. The lowest BCUT2D eigenvalue weighted by Crippen LogP contribution is -2.22. The lowest BCUT2D eigenvalue weighted by Gasteiger charge is -2.04. The Morgan fingerprint density at radius 3 is 2.82 bits per heavy atom. The van der Waals surface area contributed by atoms with Crippen molar-refractivity contribution in [2.24, 2.45) is 0 Å². The summed E-state index contributed by atoms with van der Waals surface area (Å²) in [6, 6.07) is 3.40. The van der Waals surface area contributed by atoms with Crippen molar-refractivity contribution >= 4 is 5.91 Å². The molecule has 2 heterocycles. The first-order valence-electron chi connectivity index (χ1n) is 5.31. The molecular formula is C12H12N4O. The summed E-state index contributed by atoms with van der Waals surface area (Å²) >= 11 is 0. The zero-order valence-electron chi connectivity index (χ0n) is 9.42. The van der Waals surface area contributed by atoms with E-state index >= 15 is 0 Å². The van der Waals surface area contributed by atoms with E-state index in [9.17, 15) is 4.79 Å². The quantitative estimate of drug-likeness (QED) is 0.859. The van der Waals surface area contributed by atoms with Gasteiger partial charge in [0.2, 0.25) is 0 Å².